The molecule has 112 valence electrons. The molecule has 21 heavy (non-hydrogen) atoms. The first-order valence-electron chi connectivity index (χ1n) is 7.61. The van der Waals surface area contributed by atoms with Crippen molar-refractivity contribution in [3.63, 3.8) is 0 Å². The standard InChI is InChI=1S/C16H22N4O/c1-13-18-19-16(21-13)11-17-15(12-20-9-5-6-10-20)14-7-3-2-4-8-14/h2-4,7-8,15,17H,5-6,9-12H2,1H3/t15-/m1/s1. The molecule has 3 rings (SSSR count). The van der Waals surface area contributed by atoms with Crippen LogP contribution in [0.2, 0.25) is 0 Å². The smallest absolute Gasteiger partial charge is 0.230 e. The van der Waals surface area contributed by atoms with Crippen LogP contribution >= 0.6 is 0 Å². The van der Waals surface area contributed by atoms with Gasteiger partial charge in [0.1, 0.15) is 0 Å². The second-order valence-electron chi connectivity index (χ2n) is 5.57. The highest BCUT2D eigenvalue weighted by atomic mass is 16.4. The first-order chi connectivity index (χ1) is 10.3. The number of aromatic nitrogens is 2. The van der Waals surface area contributed by atoms with Crippen molar-refractivity contribution in [1.82, 2.24) is 20.4 Å². The number of nitrogens with one attached hydrogen (secondary N) is 1. The van der Waals surface area contributed by atoms with Crippen LogP contribution in [0.15, 0.2) is 34.7 Å². The minimum Gasteiger partial charge on any atom is -0.424 e. The Kier molecular flexibility index (Phi) is 4.62. The van der Waals surface area contributed by atoms with Crippen LogP contribution in [0.4, 0.5) is 0 Å². The molecule has 1 N–H and O–H groups in total. The summed E-state index contributed by atoms with van der Waals surface area (Å²) in [6, 6.07) is 10.9. The summed E-state index contributed by atoms with van der Waals surface area (Å²) >= 11 is 0. The summed E-state index contributed by atoms with van der Waals surface area (Å²) in [5.41, 5.74) is 1.31. The fourth-order valence-electron chi connectivity index (χ4n) is 2.82. The third-order valence-electron chi connectivity index (χ3n) is 3.91. The van der Waals surface area contributed by atoms with Crippen molar-refractivity contribution in [2.24, 2.45) is 0 Å². The molecule has 0 radical (unpaired) electrons. The van der Waals surface area contributed by atoms with E-state index in [0.29, 0.717) is 18.3 Å². The van der Waals surface area contributed by atoms with Crippen molar-refractivity contribution >= 4 is 0 Å². The predicted molar refractivity (Wildman–Crippen MR) is 80.7 cm³/mol. The topological polar surface area (TPSA) is 54.2 Å². The normalized spacial score (nSPS) is 17.2. The number of hydrogen-bond acceptors (Lipinski definition) is 5. The van der Waals surface area contributed by atoms with Crippen molar-refractivity contribution < 1.29 is 4.42 Å². The van der Waals surface area contributed by atoms with Crippen LogP contribution in [0, 0.1) is 6.92 Å². The van der Waals surface area contributed by atoms with Gasteiger partial charge in [0, 0.05) is 19.5 Å². The van der Waals surface area contributed by atoms with Gasteiger partial charge in [-0.15, -0.1) is 10.2 Å². The van der Waals surface area contributed by atoms with E-state index in [4.69, 9.17) is 4.42 Å². The Morgan fingerprint density at radius 3 is 2.62 bits per heavy atom. The molecular formula is C16H22N4O. The first kappa shape index (κ1) is 14.2. The van der Waals surface area contributed by atoms with Crippen LogP contribution in [0.1, 0.15) is 36.2 Å². The van der Waals surface area contributed by atoms with E-state index in [9.17, 15) is 0 Å². The van der Waals surface area contributed by atoms with E-state index in [-0.39, 0.29) is 6.04 Å². The van der Waals surface area contributed by atoms with Gasteiger partial charge in [-0.2, -0.15) is 0 Å². The van der Waals surface area contributed by atoms with E-state index in [2.05, 4.69) is 50.7 Å². The molecule has 0 saturated carbocycles. The Balaban J connectivity index is 1.66. The number of benzene rings is 1. The quantitative estimate of drug-likeness (QED) is 0.883. The van der Waals surface area contributed by atoms with Gasteiger partial charge >= 0.3 is 0 Å². The Hall–Kier alpha value is -1.72. The Labute approximate surface area is 125 Å². The maximum atomic E-state index is 5.44. The molecule has 2 heterocycles. The molecule has 0 amide bonds. The fourth-order valence-corrected chi connectivity index (χ4v) is 2.82. The van der Waals surface area contributed by atoms with Crippen LogP contribution < -0.4 is 5.32 Å². The van der Waals surface area contributed by atoms with Gasteiger partial charge in [-0.05, 0) is 31.5 Å². The lowest BCUT2D eigenvalue weighted by Gasteiger charge is -2.24. The summed E-state index contributed by atoms with van der Waals surface area (Å²) in [5, 5.41) is 11.5. The zero-order valence-corrected chi connectivity index (χ0v) is 12.5. The van der Waals surface area contributed by atoms with Crippen LogP contribution in [-0.4, -0.2) is 34.7 Å². The molecule has 1 saturated heterocycles. The Morgan fingerprint density at radius 1 is 1.19 bits per heavy atom. The van der Waals surface area contributed by atoms with Gasteiger partial charge in [-0.1, -0.05) is 30.3 Å². The second-order valence-corrected chi connectivity index (χ2v) is 5.57. The van der Waals surface area contributed by atoms with Gasteiger partial charge in [0.15, 0.2) is 0 Å². The lowest BCUT2D eigenvalue weighted by atomic mass is 10.1. The third kappa shape index (κ3) is 3.89. The molecule has 2 aromatic rings. The molecule has 1 aliphatic rings. The highest BCUT2D eigenvalue weighted by Gasteiger charge is 2.19. The van der Waals surface area contributed by atoms with Gasteiger partial charge in [0.05, 0.1) is 6.54 Å². The lowest BCUT2D eigenvalue weighted by molar-refractivity contribution is 0.286. The average Bonchev–Trinajstić information content (AvgIpc) is 3.16. The van der Waals surface area contributed by atoms with Gasteiger partial charge in [-0.3, -0.25) is 0 Å². The van der Waals surface area contributed by atoms with Crippen LogP contribution in [-0.2, 0) is 6.54 Å². The zero-order chi connectivity index (χ0) is 14.5. The molecule has 0 aliphatic carbocycles. The number of hydrogen-bond donors (Lipinski definition) is 1. The summed E-state index contributed by atoms with van der Waals surface area (Å²) in [4.78, 5) is 2.52. The first-order valence-corrected chi connectivity index (χ1v) is 7.61. The minimum atomic E-state index is 0.288. The van der Waals surface area contributed by atoms with Gasteiger partial charge < -0.3 is 14.6 Å². The molecule has 1 aromatic carbocycles. The molecule has 1 aliphatic heterocycles. The molecule has 5 nitrogen and oxygen atoms in total. The Bertz CT molecular complexity index is 548. The highest BCUT2D eigenvalue weighted by Crippen LogP contribution is 2.18. The Morgan fingerprint density at radius 2 is 1.95 bits per heavy atom. The van der Waals surface area contributed by atoms with Crippen LogP contribution in [0.5, 0.6) is 0 Å². The second kappa shape index (κ2) is 6.83. The highest BCUT2D eigenvalue weighted by molar-refractivity contribution is 5.19. The van der Waals surface area contributed by atoms with Crippen molar-refractivity contribution in [2.45, 2.75) is 32.4 Å². The van der Waals surface area contributed by atoms with Gasteiger partial charge in [0.25, 0.3) is 0 Å². The molecule has 0 spiro atoms. The lowest BCUT2D eigenvalue weighted by Crippen LogP contribution is -2.33. The van der Waals surface area contributed by atoms with E-state index < -0.39 is 0 Å². The van der Waals surface area contributed by atoms with Crippen molar-refractivity contribution in [3.05, 3.63) is 47.7 Å². The zero-order valence-electron chi connectivity index (χ0n) is 12.5. The number of nitrogens with zero attached hydrogens (tertiary/aromatic N) is 3. The van der Waals surface area contributed by atoms with E-state index in [1.165, 1.54) is 31.5 Å². The molecule has 1 atom stereocenters. The fraction of sp³-hybridized carbons (Fsp3) is 0.500. The van der Waals surface area contributed by atoms with Crippen LogP contribution in [0.3, 0.4) is 0 Å². The SMILES string of the molecule is Cc1nnc(CN[C@H](CN2CCCC2)c2ccccc2)o1. The summed E-state index contributed by atoms with van der Waals surface area (Å²) in [6.07, 6.45) is 2.62. The van der Waals surface area contributed by atoms with E-state index in [0.717, 1.165) is 6.54 Å². The maximum absolute atomic E-state index is 5.44. The minimum absolute atomic E-state index is 0.288. The van der Waals surface area contributed by atoms with Crippen molar-refractivity contribution in [1.29, 1.82) is 0 Å². The maximum Gasteiger partial charge on any atom is 0.230 e. The third-order valence-corrected chi connectivity index (χ3v) is 3.91. The van der Waals surface area contributed by atoms with E-state index >= 15 is 0 Å². The molecule has 1 fully saturated rings. The average molecular weight is 286 g/mol. The molecule has 1 aromatic heterocycles. The number of aryl methyl sites for hydroxylation is 1. The van der Waals surface area contributed by atoms with Crippen molar-refractivity contribution in [2.75, 3.05) is 19.6 Å². The van der Waals surface area contributed by atoms with Gasteiger partial charge in [0.2, 0.25) is 11.8 Å². The summed E-state index contributed by atoms with van der Waals surface area (Å²) in [6.45, 7) is 5.84. The molecule has 5 heteroatoms. The van der Waals surface area contributed by atoms with E-state index in [1.807, 2.05) is 6.92 Å². The van der Waals surface area contributed by atoms with Crippen molar-refractivity contribution in [3.8, 4) is 0 Å². The number of likely N-dealkylation sites (tertiary alicyclic amines) is 1. The molecule has 0 bridgehead atoms. The summed E-state index contributed by atoms with van der Waals surface area (Å²) in [5.74, 6) is 1.26. The molecule has 0 unspecified atom stereocenters. The predicted octanol–water partition coefficient (Wildman–Crippen LogP) is 2.30. The molecular weight excluding hydrogens is 264 g/mol. The summed E-state index contributed by atoms with van der Waals surface area (Å²) < 4.78 is 5.44. The van der Waals surface area contributed by atoms with Gasteiger partial charge in [-0.25, -0.2) is 0 Å². The van der Waals surface area contributed by atoms with E-state index in [1.54, 1.807) is 0 Å². The largest absolute Gasteiger partial charge is 0.424 e. The monoisotopic (exact) mass is 286 g/mol. The number of rotatable bonds is 6. The summed E-state index contributed by atoms with van der Waals surface area (Å²) in [7, 11) is 0. The van der Waals surface area contributed by atoms with Crippen LogP contribution in [0.25, 0.3) is 0 Å².